The molecule has 0 spiro atoms. The van der Waals surface area contributed by atoms with Crippen molar-refractivity contribution in [2.24, 2.45) is 5.92 Å². The molecule has 2 atom stereocenters. The van der Waals surface area contributed by atoms with Gasteiger partial charge in [-0.3, -0.25) is 0 Å². The fourth-order valence-corrected chi connectivity index (χ4v) is 1.93. The second kappa shape index (κ2) is 9.77. The summed E-state index contributed by atoms with van der Waals surface area (Å²) in [6.45, 7) is 9.46. The van der Waals surface area contributed by atoms with Crippen molar-refractivity contribution in [3.05, 3.63) is 12.7 Å². The highest BCUT2D eigenvalue weighted by atomic mass is 19.4. The Balaban J connectivity index is 0.000000441. The van der Waals surface area contributed by atoms with E-state index >= 15 is 0 Å². The minimum atomic E-state index is -5.08. The van der Waals surface area contributed by atoms with Crippen LogP contribution in [0.4, 0.5) is 13.2 Å². The number of nitrogens with one attached hydrogen (secondary N) is 2. The summed E-state index contributed by atoms with van der Waals surface area (Å²) in [6.07, 6.45) is 0.540. The van der Waals surface area contributed by atoms with E-state index in [0.717, 1.165) is 25.4 Å². The lowest BCUT2D eigenvalue weighted by atomic mass is 10.0. The van der Waals surface area contributed by atoms with Crippen molar-refractivity contribution in [3.8, 4) is 0 Å². The van der Waals surface area contributed by atoms with Gasteiger partial charge in [0.1, 0.15) is 0 Å². The number of carboxylic acids is 1. The first kappa shape index (κ1) is 18.9. The summed E-state index contributed by atoms with van der Waals surface area (Å²) in [7, 11) is 0. The molecule has 0 bridgehead atoms. The third-order valence-electron chi connectivity index (χ3n) is 3.10. The molecule has 1 heterocycles. The first-order chi connectivity index (χ1) is 9.32. The Kier molecular flexibility index (Phi) is 9.24. The van der Waals surface area contributed by atoms with Crippen molar-refractivity contribution < 1.29 is 23.1 Å². The number of carboxylic acid groups (broad SMARTS) is 1. The highest BCUT2D eigenvalue weighted by molar-refractivity contribution is 5.73. The smallest absolute Gasteiger partial charge is 0.475 e. The average molecular weight is 296 g/mol. The second-order valence-corrected chi connectivity index (χ2v) is 4.62. The zero-order valence-electron chi connectivity index (χ0n) is 11.7. The van der Waals surface area contributed by atoms with Crippen LogP contribution in [0.1, 0.15) is 26.2 Å². The zero-order chi connectivity index (χ0) is 15.6. The Hall–Kier alpha value is -1.08. The molecule has 0 radical (unpaired) electrons. The van der Waals surface area contributed by atoms with Gasteiger partial charge in [0.2, 0.25) is 0 Å². The molecule has 0 unspecified atom stereocenters. The summed E-state index contributed by atoms with van der Waals surface area (Å²) in [5.41, 5.74) is 0. The van der Waals surface area contributed by atoms with Crippen LogP contribution >= 0.6 is 0 Å². The lowest BCUT2D eigenvalue weighted by Gasteiger charge is -2.18. The van der Waals surface area contributed by atoms with E-state index in [2.05, 4.69) is 24.1 Å². The molecule has 1 saturated heterocycles. The van der Waals surface area contributed by atoms with E-state index in [1.807, 2.05) is 6.08 Å². The molecule has 118 valence electrons. The van der Waals surface area contributed by atoms with Crippen LogP contribution in [-0.4, -0.2) is 42.9 Å². The van der Waals surface area contributed by atoms with Crippen molar-refractivity contribution in [3.63, 3.8) is 0 Å². The quantitative estimate of drug-likeness (QED) is 0.519. The third kappa shape index (κ3) is 8.16. The highest BCUT2D eigenvalue weighted by Gasteiger charge is 2.38. The predicted octanol–water partition coefficient (Wildman–Crippen LogP) is 2.17. The van der Waals surface area contributed by atoms with Crippen molar-refractivity contribution >= 4 is 5.97 Å². The van der Waals surface area contributed by atoms with E-state index in [4.69, 9.17) is 9.90 Å². The number of halogens is 3. The summed E-state index contributed by atoms with van der Waals surface area (Å²) < 4.78 is 31.7. The normalized spacial score (nSPS) is 22.0. The molecule has 0 aromatic rings. The topological polar surface area (TPSA) is 61.4 Å². The molecule has 0 saturated carbocycles. The Morgan fingerprint density at radius 1 is 1.50 bits per heavy atom. The van der Waals surface area contributed by atoms with Gasteiger partial charge in [0, 0.05) is 12.6 Å². The predicted molar refractivity (Wildman–Crippen MR) is 71.6 cm³/mol. The summed E-state index contributed by atoms with van der Waals surface area (Å²) in [5.74, 6) is -1.92. The average Bonchev–Trinajstić information content (AvgIpc) is 2.81. The summed E-state index contributed by atoms with van der Waals surface area (Å²) in [6, 6.07) is 0.704. The van der Waals surface area contributed by atoms with Gasteiger partial charge in [-0.2, -0.15) is 13.2 Å². The van der Waals surface area contributed by atoms with Crippen molar-refractivity contribution in [1.82, 2.24) is 10.6 Å². The Bertz CT molecular complexity index is 296. The Morgan fingerprint density at radius 2 is 2.10 bits per heavy atom. The molecule has 0 aromatic carbocycles. The van der Waals surface area contributed by atoms with Crippen LogP contribution in [0.3, 0.4) is 0 Å². The lowest BCUT2D eigenvalue weighted by Crippen LogP contribution is -2.36. The number of rotatable bonds is 6. The molecule has 3 N–H and O–H groups in total. The number of aliphatic carboxylic acids is 1. The number of carbonyl (C=O) groups is 1. The molecule has 1 aliphatic rings. The van der Waals surface area contributed by atoms with Gasteiger partial charge in [-0.1, -0.05) is 19.4 Å². The van der Waals surface area contributed by atoms with Crippen LogP contribution in [0.2, 0.25) is 0 Å². The Labute approximate surface area is 117 Å². The minimum Gasteiger partial charge on any atom is -0.475 e. The number of unbranched alkanes of at least 4 members (excludes halogenated alkanes) is 1. The zero-order valence-corrected chi connectivity index (χ0v) is 11.7. The molecule has 1 rings (SSSR count). The standard InChI is InChI=1S/C11H22N2.C2HF3O2/c1-3-5-6-7-13-11-9-12-8-10(11)4-2;3-2(4,5)1(6)7/h3,10-13H,1,4-9H2,2H3;(H,6,7)/t10-,11+;/m1./s1. The molecule has 0 amide bonds. The number of hydrogen-bond donors (Lipinski definition) is 3. The maximum absolute atomic E-state index is 10.6. The van der Waals surface area contributed by atoms with Crippen molar-refractivity contribution in [2.45, 2.75) is 38.4 Å². The van der Waals surface area contributed by atoms with Gasteiger partial charge in [-0.25, -0.2) is 4.79 Å². The van der Waals surface area contributed by atoms with E-state index in [9.17, 15) is 13.2 Å². The SMILES string of the molecule is C=CCCCN[C@H]1CNC[C@H]1CC.O=C(O)C(F)(F)F. The van der Waals surface area contributed by atoms with Gasteiger partial charge in [0.05, 0.1) is 0 Å². The number of alkyl halides is 3. The maximum atomic E-state index is 10.6. The van der Waals surface area contributed by atoms with Crippen LogP contribution in [0.15, 0.2) is 12.7 Å². The van der Waals surface area contributed by atoms with E-state index in [-0.39, 0.29) is 0 Å². The number of hydrogen-bond acceptors (Lipinski definition) is 3. The largest absolute Gasteiger partial charge is 0.490 e. The molecule has 7 heteroatoms. The number of allylic oxidation sites excluding steroid dienone is 1. The van der Waals surface area contributed by atoms with Crippen LogP contribution in [0.25, 0.3) is 0 Å². The summed E-state index contributed by atoms with van der Waals surface area (Å²) in [4.78, 5) is 8.90. The van der Waals surface area contributed by atoms with Gasteiger partial charge >= 0.3 is 12.1 Å². The van der Waals surface area contributed by atoms with Crippen molar-refractivity contribution in [1.29, 1.82) is 0 Å². The summed E-state index contributed by atoms with van der Waals surface area (Å²) in [5, 5.41) is 14.2. The highest BCUT2D eigenvalue weighted by Crippen LogP contribution is 2.13. The fourth-order valence-electron chi connectivity index (χ4n) is 1.93. The van der Waals surface area contributed by atoms with Gasteiger partial charge in [0.25, 0.3) is 0 Å². The van der Waals surface area contributed by atoms with Gasteiger partial charge < -0.3 is 15.7 Å². The lowest BCUT2D eigenvalue weighted by molar-refractivity contribution is -0.192. The van der Waals surface area contributed by atoms with E-state index < -0.39 is 12.1 Å². The molecule has 1 aliphatic heterocycles. The first-order valence-corrected chi connectivity index (χ1v) is 6.68. The molecule has 0 aliphatic carbocycles. The maximum Gasteiger partial charge on any atom is 0.490 e. The van der Waals surface area contributed by atoms with E-state index in [0.29, 0.717) is 6.04 Å². The molecule has 4 nitrogen and oxygen atoms in total. The summed E-state index contributed by atoms with van der Waals surface area (Å²) >= 11 is 0. The molecule has 20 heavy (non-hydrogen) atoms. The molecular weight excluding hydrogens is 273 g/mol. The van der Waals surface area contributed by atoms with Crippen molar-refractivity contribution in [2.75, 3.05) is 19.6 Å². The second-order valence-electron chi connectivity index (χ2n) is 4.62. The van der Waals surface area contributed by atoms with E-state index in [1.54, 1.807) is 0 Å². The Morgan fingerprint density at radius 3 is 2.55 bits per heavy atom. The fraction of sp³-hybridized carbons (Fsp3) is 0.769. The van der Waals surface area contributed by atoms with Gasteiger partial charge in [0.15, 0.2) is 0 Å². The van der Waals surface area contributed by atoms with Crippen LogP contribution in [0, 0.1) is 5.92 Å². The minimum absolute atomic E-state index is 0.704. The van der Waals surface area contributed by atoms with Crippen LogP contribution in [-0.2, 0) is 4.79 Å². The first-order valence-electron chi connectivity index (χ1n) is 6.68. The monoisotopic (exact) mass is 296 g/mol. The molecule has 0 aromatic heterocycles. The van der Waals surface area contributed by atoms with Crippen LogP contribution in [0.5, 0.6) is 0 Å². The van der Waals surface area contributed by atoms with Gasteiger partial charge in [-0.15, -0.1) is 6.58 Å². The molecular formula is C13H23F3N2O2. The van der Waals surface area contributed by atoms with E-state index in [1.165, 1.54) is 19.4 Å². The third-order valence-corrected chi connectivity index (χ3v) is 3.10. The van der Waals surface area contributed by atoms with Crippen LogP contribution < -0.4 is 10.6 Å². The van der Waals surface area contributed by atoms with Gasteiger partial charge in [-0.05, 0) is 31.8 Å². The molecule has 1 fully saturated rings.